The standard InChI is InChI=1S/C12H8N2S3/c15-10-4-2-1-3-8(10)11-9(7-14-17-11)12-13-5-6-16-12/h1-7,15H. The summed E-state index contributed by atoms with van der Waals surface area (Å²) in [5.74, 6) is 0. The van der Waals surface area contributed by atoms with Gasteiger partial charge in [0.1, 0.15) is 5.01 Å². The highest BCUT2D eigenvalue weighted by molar-refractivity contribution is 7.80. The van der Waals surface area contributed by atoms with Crippen LogP contribution in [0, 0.1) is 0 Å². The van der Waals surface area contributed by atoms with E-state index < -0.39 is 0 Å². The monoisotopic (exact) mass is 276 g/mol. The number of hydrogen-bond donors (Lipinski definition) is 1. The molecule has 0 amide bonds. The van der Waals surface area contributed by atoms with E-state index in [4.69, 9.17) is 0 Å². The summed E-state index contributed by atoms with van der Waals surface area (Å²) < 4.78 is 4.27. The molecule has 2 nitrogen and oxygen atoms in total. The molecule has 1 aromatic carbocycles. The molecule has 0 aliphatic heterocycles. The summed E-state index contributed by atoms with van der Waals surface area (Å²) >= 11 is 7.60. The molecule has 0 atom stereocenters. The van der Waals surface area contributed by atoms with E-state index in [0.29, 0.717) is 0 Å². The minimum absolute atomic E-state index is 0.967. The van der Waals surface area contributed by atoms with Crippen molar-refractivity contribution in [2.75, 3.05) is 0 Å². The molecule has 84 valence electrons. The van der Waals surface area contributed by atoms with E-state index in [1.807, 2.05) is 36.0 Å². The van der Waals surface area contributed by atoms with Crippen LogP contribution in [0.25, 0.3) is 21.0 Å². The van der Waals surface area contributed by atoms with Gasteiger partial charge >= 0.3 is 0 Å². The van der Waals surface area contributed by atoms with Gasteiger partial charge in [0.25, 0.3) is 0 Å². The molecule has 0 saturated heterocycles. The molecule has 0 aliphatic rings. The van der Waals surface area contributed by atoms with Gasteiger partial charge in [-0.2, -0.15) is 4.37 Å². The Morgan fingerprint density at radius 2 is 2.00 bits per heavy atom. The quantitative estimate of drug-likeness (QED) is 0.709. The van der Waals surface area contributed by atoms with Crippen molar-refractivity contribution in [1.82, 2.24) is 9.36 Å². The van der Waals surface area contributed by atoms with E-state index in [2.05, 4.69) is 28.1 Å². The van der Waals surface area contributed by atoms with Gasteiger partial charge in [-0.15, -0.1) is 24.0 Å². The van der Waals surface area contributed by atoms with Crippen LogP contribution in [-0.2, 0) is 0 Å². The highest BCUT2D eigenvalue weighted by atomic mass is 32.1. The average Bonchev–Trinajstić information content (AvgIpc) is 3.00. The maximum absolute atomic E-state index is 4.49. The molecule has 0 fully saturated rings. The minimum atomic E-state index is 0.967. The molecule has 2 aromatic heterocycles. The Morgan fingerprint density at radius 1 is 1.12 bits per heavy atom. The minimum Gasteiger partial charge on any atom is -0.244 e. The first-order valence-corrected chi connectivity index (χ1v) is 7.09. The first kappa shape index (κ1) is 11.0. The highest BCUT2D eigenvalue weighted by Gasteiger charge is 2.13. The third kappa shape index (κ3) is 2.01. The normalized spacial score (nSPS) is 10.6. The lowest BCUT2D eigenvalue weighted by atomic mass is 10.1. The Labute approximate surface area is 113 Å². The molecule has 0 N–H and O–H groups in total. The maximum Gasteiger partial charge on any atom is 0.126 e. The summed E-state index contributed by atoms with van der Waals surface area (Å²) in [5, 5.41) is 2.98. The van der Waals surface area contributed by atoms with Crippen molar-refractivity contribution in [3.63, 3.8) is 0 Å². The van der Waals surface area contributed by atoms with Gasteiger partial charge in [-0.1, -0.05) is 18.2 Å². The van der Waals surface area contributed by atoms with Crippen molar-refractivity contribution in [2.24, 2.45) is 0 Å². The predicted octanol–water partition coefficient (Wildman–Crippen LogP) is 4.22. The van der Waals surface area contributed by atoms with Crippen LogP contribution in [0.3, 0.4) is 0 Å². The maximum atomic E-state index is 4.49. The van der Waals surface area contributed by atoms with Gasteiger partial charge in [-0.3, -0.25) is 0 Å². The van der Waals surface area contributed by atoms with E-state index in [-0.39, 0.29) is 0 Å². The Hall–Kier alpha value is -1.17. The summed E-state index contributed by atoms with van der Waals surface area (Å²) in [6.07, 6.45) is 3.69. The summed E-state index contributed by atoms with van der Waals surface area (Å²) in [4.78, 5) is 6.43. The summed E-state index contributed by atoms with van der Waals surface area (Å²) in [6.45, 7) is 0. The van der Waals surface area contributed by atoms with Gasteiger partial charge in [-0.25, -0.2) is 4.98 Å². The van der Waals surface area contributed by atoms with Crippen molar-refractivity contribution in [3.05, 3.63) is 42.0 Å². The number of aromatic nitrogens is 2. The number of benzene rings is 1. The fraction of sp³-hybridized carbons (Fsp3) is 0. The molecule has 0 bridgehead atoms. The van der Waals surface area contributed by atoms with Crippen LogP contribution in [0.1, 0.15) is 0 Å². The van der Waals surface area contributed by atoms with Crippen LogP contribution < -0.4 is 0 Å². The molecule has 0 spiro atoms. The zero-order valence-corrected chi connectivity index (χ0v) is 11.2. The number of thiol groups is 1. The number of nitrogens with zero attached hydrogens (tertiary/aromatic N) is 2. The second-order valence-corrected chi connectivity index (χ2v) is 5.60. The van der Waals surface area contributed by atoms with Crippen LogP contribution in [0.2, 0.25) is 0 Å². The van der Waals surface area contributed by atoms with Crippen molar-refractivity contribution in [1.29, 1.82) is 0 Å². The van der Waals surface area contributed by atoms with Gasteiger partial charge < -0.3 is 0 Å². The first-order chi connectivity index (χ1) is 8.36. The van der Waals surface area contributed by atoms with Crippen LogP contribution in [0.4, 0.5) is 0 Å². The second-order valence-electron chi connectivity index (χ2n) is 3.42. The molecule has 0 saturated carbocycles. The van der Waals surface area contributed by atoms with Crippen LogP contribution in [0.15, 0.2) is 46.9 Å². The van der Waals surface area contributed by atoms with Crippen molar-refractivity contribution < 1.29 is 0 Å². The Kier molecular flexibility index (Phi) is 2.96. The third-order valence-corrected chi connectivity index (χ3v) is 4.41. The lowest BCUT2D eigenvalue weighted by Crippen LogP contribution is -1.79. The molecular weight excluding hydrogens is 268 g/mol. The van der Waals surface area contributed by atoms with E-state index in [1.54, 1.807) is 11.3 Å². The molecule has 3 rings (SSSR count). The zero-order valence-electron chi connectivity index (χ0n) is 8.70. The number of thiazole rings is 1. The molecule has 17 heavy (non-hydrogen) atoms. The van der Waals surface area contributed by atoms with E-state index >= 15 is 0 Å². The van der Waals surface area contributed by atoms with Crippen molar-refractivity contribution in [2.45, 2.75) is 4.90 Å². The lowest BCUT2D eigenvalue weighted by Gasteiger charge is -2.03. The van der Waals surface area contributed by atoms with E-state index in [9.17, 15) is 0 Å². The van der Waals surface area contributed by atoms with Gasteiger partial charge in [0.05, 0.1) is 11.1 Å². The molecule has 0 aliphatic carbocycles. The molecular formula is C12H8N2S3. The van der Waals surface area contributed by atoms with Gasteiger partial charge in [0, 0.05) is 27.6 Å². The highest BCUT2D eigenvalue weighted by Crippen LogP contribution is 2.38. The molecule has 3 aromatic rings. The predicted molar refractivity (Wildman–Crippen MR) is 75.9 cm³/mol. The topological polar surface area (TPSA) is 25.8 Å². The van der Waals surface area contributed by atoms with E-state index in [1.165, 1.54) is 11.5 Å². The zero-order chi connectivity index (χ0) is 11.7. The molecule has 0 radical (unpaired) electrons. The van der Waals surface area contributed by atoms with Gasteiger partial charge in [0.2, 0.25) is 0 Å². The third-order valence-electron chi connectivity index (χ3n) is 2.38. The Morgan fingerprint density at radius 3 is 2.76 bits per heavy atom. The summed E-state index contributed by atoms with van der Waals surface area (Å²) in [7, 11) is 0. The fourth-order valence-electron chi connectivity index (χ4n) is 1.61. The largest absolute Gasteiger partial charge is 0.244 e. The van der Waals surface area contributed by atoms with Crippen LogP contribution >= 0.6 is 35.5 Å². The number of hydrogen-bond acceptors (Lipinski definition) is 5. The molecule has 0 unspecified atom stereocenters. The van der Waals surface area contributed by atoms with Crippen LogP contribution in [0.5, 0.6) is 0 Å². The van der Waals surface area contributed by atoms with Crippen molar-refractivity contribution in [3.8, 4) is 21.0 Å². The van der Waals surface area contributed by atoms with Crippen LogP contribution in [-0.4, -0.2) is 9.36 Å². The first-order valence-electron chi connectivity index (χ1n) is 4.99. The average molecular weight is 276 g/mol. The number of rotatable bonds is 2. The lowest BCUT2D eigenvalue weighted by molar-refractivity contribution is 1.41. The SMILES string of the molecule is Sc1ccccc1-c1sncc1-c1nccs1. The Bertz CT molecular complexity index is 629. The molecule has 2 heterocycles. The van der Waals surface area contributed by atoms with Crippen molar-refractivity contribution >= 4 is 35.5 Å². The van der Waals surface area contributed by atoms with Gasteiger partial charge in [-0.05, 0) is 17.6 Å². The van der Waals surface area contributed by atoms with Gasteiger partial charge in [0.15, 0.2) is 0 Å². The summed E-state index contributed by atoms with van der Waals surface area (Å²) in [6, 6.07) is 8.05. The fourth-order valence-corrected chi connectivity index (χ4v) is 3.46. The Balaban J connectivity index is 2.17. The summed E-state index contributed by atoms with van der Waals surface area (Å²) in [5.41, 5.74) is 2.20. The van der Waals surface area contributed by atoms with E-state index in [0.717, 1.165) is 25.9 Å². The molecule has 5 heteroatoms. The second kappa shape index (κ2) is 4.60. The smallest absolute Gasteiger partial charge is 0.126 e.